The molecule has 1 aromatic rings. The molecule has 1 aliphatic rings. The van der Waals surface area contributed by atoms with Crippen LogP contribution < -0.4 is 4.90 Å². The molecular weight excluding hydrogens is 218 g/mol. The Morgan fingerprint density at radius 2 is 1.44 bits per heavy atom. The van der Waals surface area contributed by atoms with Gasteiger partial charge in [0.25, 0.3) is 0 Å². The summed E-state index contributed by atoms with van der Waals surface area (Å²) in [6.07, 6.45) is 1.37. The van der Waals surface area contributed by atoms with Crippen molar-refractivity contribution in [2.75, 3.05) is 18.0 Å². The Morgan fingerprint density at radius 3 is 1.89 bits per heavy atom. The van der Waals surface area contributed by atoms with Crippen LogP contribution in [0.5, 0.6) is 0 Å². The highest BCUT2D eigenvalue weighted by molar-refractivity contribution is 5.49. The summed E-state index contributed by atoms with van der Waals surface area (Å²) in [5.41, 5.74) is 3.06. The molecule has 2 unspecified atom stereocenters. The summed E-state index contributed by atoms with van der Waals surface area (Å²) in [5, 5.41) is 0. The third-order valence-corrected chi connectivity index (χ3v) is 3.97. The minimum Gasteiger partial charge on any atom is -0.371 e. The second-order valence-electron chi connectivity index (χ2n) is 7.15. The average Bonchev–Trinajstić information content (AvgIpc) is 2.27. The Bertz CT molecular complexity index is 375. The molecule has 0 aliphatic carbocycles. The molecule has 1 nitrogen and oxygen atoms in total. The predicted octanol–water partition coefficient (Wildman–Crippen LogP) is 4.47. The van der Waals surface area contributed by atoms with Crippen LogP contribution in [0.3, 0.4) is 0 Å². The van der Waals surface area contributed by atoms with Gasteiger partial charge in [-0.3, -0.25) is 0 Å². The maximum atomic E-state index is 2.55. The van der Waals surface area contributed by atoms with Crippen molar-refractivity contribution in [2.45, 2.75) is 46.5 Å². The maximum absolute atomic E-state index is 2.55. The Kier molecular flexibility index (Phi) is 3.70. The zero-order valence-electron chi connectivity index (χ0n) is 12.5. The lowest BCUT2D eigenvalue weighted by atomic mass is 9.86. The first-order chi connectivity index (χ1) is 8.36. The molecule has 0 radical (unpaired) electrons. The second kappa shape index (κ2) is 4.95. The van der Waals surface area contributed by atoms with E-state index in [1.54, 1.807) is 0 Å². The van der Waals surface area contributed by atoms with Crippen LogP contribution in [0, 0.1) is 11.8 Å². The van der Waals surface area contributed by atoms with Crippen molar-refractivity contribution in [3.63, 3.8) is 0 Å². The Balaban J connectivity index is 2.14. The Morgan fingerprint density at radius 1 is 0.944 bits per heavy atom. The normalized spacial score (nSPS) is 25.3. The molecule has 1 fully saturated rings. The van der Waals surface area contributed by atoms with E-state index < -0.39 is 0 Å². The predicted molar refractivity (Wildman–Crippen MR) is 80.3 cm³/mol. The summed E-state index contributed by atoms with van der Waals surface area (Å²) < 4.78 is 0. The minimum atomic E-state index is 0.251. The van der Waals surface area contributed by atoms with Gasteiger partial charge in [-0.1, -0.05) is 46.8 Å². The Labute approximate surface area is 112 Å². The number of benzene rings is 1. The summed E-state index contributed by atoms with van der Waals surface area (Å²) in [7, 11) is 0. The van der Waals surface area contributed by atoms with Crippen LogP contribution in [0.15, 0.2) is 24.3 Å². The third-order valence-electron chi connectivity index (χ3n) is 3.97. The quantitative estimate of drug-likeness (QED) is 0.706. The van der Waals surface area contributed by atoms with Gasteiger partial charge in [-0.25, -0.2) is 0 Å². The molecule has 0 aromatic heterocycles. The smallest absolute Gasteiger partial charge is 0.0366 e. The average molecular weight is 245 g/mol. The van der Waals surface area contributed by atoms with Crippen LogP contribution in [0.4, 0.5) is 5.69 Å². The van der Waals surface area contributed by atoms with E-state index in [0.29, 0.717) is 0 Å². The van der Waals surface area contributed by atoms with Gasteiger partial charge in [-0.05, 0) is 41.4 Å². The van der Waals surface area contributed by atoms with Crippen LogP contribution in [-0.4, -0.2) is 13.1 Å². The van der Waals surface area contributed by atoms with Crippen LogP contribution in [0.1, 0.15) is 46.6 Å². The topological polar surface area (TPSA) is 3.24 Å². The van der Waals surface area contributed by atoms with Crippen LogP contribution in [-0.2, 0) is 5.41 Å². The maximum Gasteiger partial charge on any atom is 0.0366 e. The first-order valence-electron chi connectivity index (χ1n) is 7.22. The van der Waals surface area contributed by atoms with Gasteiger partial charge in [-0.2, -0.15) is 0 Å². The summed E-state index contributed by atoms with van der Waals surface area (Å²) in [4.78, 5) is 2.55. The molecule has 0 bridgehead atoms. The molecule has 18 heavy (non-hydrogen) atoms. The fourth-order valence-electron chi connectivity index (χ4n) is 3.05. The lowest BCUT2D eigenvalue weighted by Gasteiger charge is -2.37. The first-order valence-corrected chi connectivity index (χ1v) is 7.22. The van der Waals surface area contributed by atoms with Gasteiger partial charge in [0, 0.05) is 18.8 Å². The number of hydrogen-bond acceptors (Lipinski definition) is 1. The zero-order chi connectivity index (χ0) is 13.3. The van der Waals surface area contributed by atoms with Crippen LogP contribution >= 0.6 is 0 Å². The number of piperidine rings is 1. The first kappa shape index (κ1) is 13.5. The van der Waals surface area contributed by atoms with Gasteiger partial charge in [0.05, 0.1) is 0 Å². The second-order valence-corrected chi connectivity index (χ2v) is 7.15. The fraction of sp³-hybridized carbons (Fsp3) is 0.647. The molecule has 2 atom stereocenters. The Hall–Kier alpha value is -0.980. The molecule has 1 heteroatoms. The van der Waals surface area contributed by atoms with E-state index in [2.05, 4.69) is 63.8 Å². The van der Waals surface area contributed by atoms with E-state index in [-0.39, 0.29) is 5.41 Å². The largest absolute Gasteiger partial charge is 0.371 e. The van der Waals surface area contributed by atoms with E-state index in [1.165, 1.54) is 30.8 Å². The molecule has 1 aromatic carbocycles. The summed E-state index contributed by atoms with van der Waals surface area (Å²) >= 11 is 0. The minimum absolute atomic E-state index is 0.251. The number of rotatable bonds is 1. The standard InChI is InChI=1S/C17H27N/c1-13-10-14(2)12-18(11-13)16-8-6-15(7-9-16)17(3,4)5/h6-9,13-14H,10-12H2,1-5H3. The van der Waals surface area contributed by atoms with E-state index in [1.807, 2.05) is 0 Å². The molecule has 0 amide bonds. The van der Waals surface area contributed by atoms with Crippen molar-refractivity contribution in [1.29, 1.82) is 0 Å². The molecule has 1 heterocycles. The number of hydrogen-bond donors (Lipinski definition) is 0. The monoisotopic (exact) mass is 245 g/mol. The van der Waals surface area contributed by atoms with Crippen molar-refractivity contribution < 1.29 is 0 Å². The van der Waals surface area contributed by atoms with E-state index in [0.717, 1.165) is 11.8 Å². The van der Waals surface area contributed by atoms with Crippen molar-refractivity contribution in [2.24, 2.45) is 11.8 Å². The highest BCUT2D eigenvalue weighted by Crippen LogP contribution is 2.29. The van der Waals surface area contributed by atoms with Gasteiger partial charge in [-0.15, -0.1) is 0 Å². The molecule has 100 valence electrons. The van der Waals surface area contributed by atoms with Crippen molar-refractivity contribution in [3.8, 4) is 0 Å². The zero-order valence-corrected chi connectivity index (χ0v) is 12.5. The van der Waals surface area contributed by atoms with Crippen LogP contribution in [0.2, 0.25) is 0 Å². The lowest BCUT2D eigenvalue weighted by Crippen LogP contribution is -2.38. The van der Waals surface area contributed by atoms with Gasteiger partial charge in [0.15, 0.2) is 0 Å². The van der Waals surface area contributed by atoms with Crippen molar-refractivity contribution in [3.05, 3.63) is 29.8 Å². The van der Waals surface area contributed by atoms with Gasteiger partial charge in [0.1, 0.15) is 0 Å². The van der Waals surface area contributed by atoms with E-state index in [4.69, 9.17) is 0 Å². The van der Waals surface area contributed by atoms with Crippen LogP contribution in [0.25, 0.3) is 0 Å². The van der Waals surface area contributed by atoms with Gasteiger partial charge >= 0.3 is 0 Å². The van der Waals surface area contributed by atoms with Gasteiger partial charge < -0.3 is 4.90 Å². The highest BCUT2D eigenvalue weighted by Gasteiger charge is 2.22. The number of nitrogens with zero attached hydrogens (tertiary/aromatic N) is 1. The van der Waals surface area contributed by atoms with E-state index >= 15 is 0 Å². The summed E-state index contributed by atoms with van der Waals surface area (Å²) in [5.74, 6) is 1.63. The molecular formula is C17H27N. The molecule has 0 N–H and O–H groups in total. The molecule has 0 saturated carbocycles. The highest BCUT2D eigenvalue weighted by atomic mass is 15.1. The fourth-order valence-corrected chi connectivity index (χ4v) is 3.05. The molecule has 1 aliphatic heterocycles. The van der Waals surface area contributed by atoms with Crippen molar-refractivity contribution in [1.82, 2.24) is 0 Å². The molecule has 2 rings (SSSR count). The molecule has 1 saturated heterocycles. The van der Waals surface area contributed by atoms with E-state index in [9.17, 15) is 0 Å². The SMILES string of the molecule is CC1CC(C)CN(c2ccc(C(C)(C)C)cc2)C1. The summed E-state index contributed by atoms with van der Waals surface area (Å²) in [6, 6.07) is 9.18. The van der Waals surface area contributed by atoms with Gasteiger partial charge in [0.2, 0.25) is 0 Å². The summed E-state index contributed by atoms with van der Waals surface area (Å²) in [6.45, 7) is 14.0. The number of anilines is 1. The molecule has 0 spiro atoms. The van der Waals surface area contributed by atoms with Crippen molar-refractivity contribution >= 4 is 5.69 Å². The lowest BCUT2D eigenvalue weighted by molar-refractivity contribution is 0.357. The third kappa shape index (κ3) is 3.07.